The molecule has 2 atom stereocenters. The number of benzene rings is 1. The molecular formula is C13H19BrO2. The Kier molecular flexibility index (Phi) is 5.29. The molecule has 1 aromatic carbocycles. The standard InChI is InChI=1S/C13H19BrO2/c1-4-9(2)8-16-13-7-11(14)5-6-12(13)10(3)15/h5-7,9-10,15H,4,8H2,1-3H3/t9?,10-/m0/s1. The molecule has 0 heterocycles. The number of ether oxygens (including phenoxy) is 1. The van der Waals surface area contributed by atoms with Crippen LogP contribution < -0.4 is 4.74 Å². The second-order valence-electron chi connectivity index (χ2n) is 4.18. The molecule has 0 spiro atoms. The van der Waals surface area contributed by atoms with Crippen LogP contribution in [0.5, 0.6) is 5.75 Å². The lowest BCUT2D eigenvalue weighted by Gasteiger charge is -2.16. The molecule has 1 aromatic rings. The minimum absolute atomic E-state index is 0.500. The van der Waals surface area contributed by atoms with Crippen molar-refractivity contribution < 1.29 is 9.84 Å². The molecule has 0 saturated heterocycles. The first-order chi connectivity index (χ1) is 7.54. The molecule has 0 amide bonds. The van der Waals surface area contributed by atoms with E-state index in [1.807, 2.05) is 18.2 Å². The van der Waals surface area contributed by atoms with Crippen molar-refractivity contribution in [3.63, 3.8) is 0 Å². The first-order valence-electron chi connectivity index (χ1n) is 5.64. The Morgan fingerprint density at radius 3 is 2.62 bits per heavy atom. The highest BCUT2D eigenvalue weighted by atomic mass is 79.9. The number of aliphatic hydroxyl groups excluding tert-OH is 1. The van der Waals surface area contributed by atoms with Crippen molar-refractivity contribution in [3.8, 4) is 5.75 Å². The fourth-order valence-electron chi connectivity index (χ4n) is 1.33. The van der Waals surface area contributed by atoms with E-state index in [1.54, 1.807) is 6.92 Å². The van der Waals surface area contributed by atoms with Gasteiger partial charge in [-0.25, -0.2) is 0 Å². The van der Waals surface area contributed by atoms with Gasteiger partial charge in [-0.3, -0.25) is 0 Å². The van der Waals surface area contributed by atoms with Gasteiger partial charge in [-0.1, -0.05) is 42.3 Å². The van der Waals surface area contributed by atoms with Crippen LogP contribution in [0.15, 0.2) is 22.7 Å². The SMILES string of the molecule is CCC(C)COc1cc(Br)ccc1[C@H](C)O. The van der Waals surface area contributed by atoms with Crippen molar-refractivity contribution in [1.29, 1.82) is 0 Å². The average molecular weight is 287 g/mol. The lowest BCUT2D eigenvalue weighted by atomic mass is 10.1. The Morgan fingerprint density at radius 2 is 2.06 bits per heavy atom. The number of halogens is 1. The highest BCUT2D eigenvalue weighted by Gasteiger charge is 2.10. The molecule has 0 fully saturated rings. The normalized spacial score (nSPS) is 14.6. The third kappa shape index (κ3) is 3.80. The first kappa shape index (κ1) is 13.5. The van der Waals surface area contributed by atoms with Crippen LogP contribution in [0.3, 0.4) is 0 Å². The predicted molar refractivity (Wildman–Crippen MR) is 69.7 cm³/mol. The van der Waals surface area contributed by atoms with Crippen molar-refractivity contribution >= 4 is 15.9 Å². The summed E-state index contributed by atoms with van der Waals surface area (Å²) >= 11 is 3.41. The van der Waals surface area contributed by atoms with Crippen LogP contribution in [0.1, 0.15) is 38.9 Å². The molecule has 0 aliphatic rings. The van der Waals surface area contributed by atoms with Gasteiger partial charge < -0.3 is 9.84 Å². The Bertz CT molecular complexity index is 337. The molecule has 16 heavy (non-hydrogen) atoms. The van der Waals surface area contributed by atoms with E-state index >= 15 is 0 Å². The van der Waals surface area contributed by atoms with E-state index in [4.69, 9.17) is 4.74 Å². The minimum atomic E-state index is -0.500. The third-order valence-electron chi connectivity index (χ3n) is 2.65. The maximum absolute atomic E-state index is 9.62. The lowest BCUT2D eigenvalue weighted by molar-refractivity contribution is 0.186. The van der Waals surface area contributed by atoms with E-state index in [2.05, 4.69) is 29.8 Å². The van der Waals surface area contributed by atoms with Gasteiger partial charge in [0.15, 0.2) is 0 Å². The first-order valence-corrected chi connectivity index (χ1v) is 6.44. The van der Waals surface area contributed by atoms with Crippen molar-refractivity contribution in [2.75, 3.05) is 6.61 Å². The zero-order valence-electron chi connectivity index (χ0n) is 10.0. The number of hydrogen-bond acceptors (Lipinski definition) is 2. The molecule has 0 aliphatic carbocycles. The number of aliphatic hydroxyl groups is 1. The van der Waals surface area contributed by atoms with Crippen LogP contribution in [-0.4, -0.2) is 11.7 Å². The van der Waals surface area contributed by atoms with Gasteiger partial charge in [0.1, 0.15) is 5.75 Å². The second-order valence-corrected chi connectivity index (χ2v) is 5.10. The van der Waals surface area contributed by atoms with Crippen molar-refractivity contribution in [2.45, 2.75) is 33.3 Å². The molecule has 1 rings (SSSR count). The maximum atomic E-state index is 9.62. The molecular weight excluding hydrogens is 268 g/mol. The summed E-state index contributed by atoms with van der Waals surface area (Å²) in [4.78, 5) is 0. The molecule has 2 nitrogen and oxygen atoms in total. The van der Waals surface area contributed by atoms with Gasteiger partial charge in [0.25, 0.3) is 0 Å². The lowest BCUT2D eigenvalue weighted by Crippen LogP contribution is -2.09. The van der Waals surface area contributed by atoms with E-state index < -0.39 is 6.10 Å². The van der Waals surface area contributed by atoms with Crippen molar-refractivity contribution in [3.05, 3.63) is 28.2 Å². The summed E-state index contributed by atoms with van der Waals surface area (Å²) < 4.78 is 6.71. The zero-order chi connectivity index (χ0) is 12.1. The van der Waals surface area contributed by atoms with Crippen LogP contribution in [0.25, 0.3) is 0 Å². The summed E-state index contributed by atoms with van der Waals surface area (Å²) in [6.07, 6.45) is 0.595. The van der Waals surface area contributed by atoms with E-state index in [0.29, 0.717) is 12.5 Å². The fraction of sp³-hybridized carbons (Fsp3) is 0.538. The van der Waals surface area contributed by atoms with Crippen LogP contribution >= 0.6 is 15.9 Å². The molecule has 1 unspecified atom stereocenters. The monoisotopic (exact) mass is 286 g/mol. The highest BCUT2D eigenvalue weighted by Crippen LogP contribution is 2.29. The van der Waals surface area contributed by atoms with E-state index in [0.717, 1.165) is 22.2 Å². The van der Waals surface area contributed by atoms with E-state index in [1.165, 1.54) is 0 Å². The smallest absolute Gasteiger partial charge is 0.126 e. The number of hydrogen-bond donors (Lipinski definition) is 1. The van der Waals surface area contributed by atoms with Gasteiger partial charge in [0.2, 0.25) is 0 Å². The van der Waals surface area contributed by atoms with Crippen LogP contribution in [-0.2, 0) is 0 Å². The van der Waals surface area contributed by atoms with E-state index in [-0.39, 0.29) is 0 Å². The molecule has 0 aliphatic heterocycles. The third-order valence-corrected chi connectivity index (χ3v) is 3.14. The molecule has 3 heteroatoms. The highest BCUT2D eigenvalue weighted by molar-refractivity contribution is 9.10. The fourth-order valence-corrected chi connectivity index (χ4v) is 1.67. The summed E-state index contributed by atoms with van der Waals surface area (Å²) in [6.45, 7) is 6.73. The van der Waals surface area contributed by atoms with Crippen molar-refractivity contribution in [1.82, 2.24) is 0 Å². The van der Waals surface area contributed by atoms with Gasteiger partial charge in [0.05, 0.1) is 12.7 Å². The molecule has 0 aromatic heterocycles. The molecule has 1 N–H and O–H groups in total. The Balaban J connectivity index is 2.80. The van der Waals surface area contributed by atoms with Crippen LogP contribution in [0.4, 0.5) is 0 Å². The second kappa shape index (κ2) is 6.26. The topological polar surface area (TPSA) is 29.5 Å². The van der Waals surface area contributed by atoms with Crippen LogP contribution in [0, 0.1) is 5.92 Å². The maximum Gasteiger partial charge on any atom is 0.126 e. The van der Waals surface area contributed by atoms with Crippen LogP contribution in [0.2, 0.25) is 0 Å². The zero-order valence-corrected chi connectivity index (χ0v) is 11.6. The molecule has 0 saturated carbocycles. The predicted octanol–water partition coefficient (Wildman–Crippen LogP) is 3.93. The van der Waals surface area contributed by atoms with Crippen molar-refractivity contribution in [2.24, 2.45) is 5.92 Å². The van der Waals surface area contributed by atoms with E-state index in [9.17, 15) is 5.11 Å². The number of rotatable bonds is 5. The summed E-state index contributed by atoms with van der Waals surface area (Å²) in [5, 5.41) is 9.62. The molecule has 0 radical (unpaired) electrons. The van der Waals surface area contributed by atoms with Gasteiger partial charge in [-0.05, 0) is 25.0 Å². The minimum Gasteiger partial charge on any atom is -0.493 e. The Morgan fingerprint density at radius 1 is 1.38 bits per heavy atom. The molecule has 0 bridgehead atoms. The Hall–Kier alpha value is -0.540. The summed E-state index contributed by atoms with van der Waals surface area (Å²) in [5.41, 5.74) is 0.839. The summed E-state index contributed by atoms with van der Waals surface area (Å²) in [7, 11) is 0. The van der Waals surface area contributed by atoms with Gasteiger partial charge in [0, 0.05) is 10.0 Å². The summed E-state index contributed by atoms with van der Waals surface area (Å²) in [5.74, 6) is 1.30. The largest absolute Gasteiger partial charge is 0.493 e. The van der Waals surface area contributed by atoms with Gasteiger partial charge in [-0.15, -0.1) is 0 Å². The average Bonchev–Trinajstić information content (AvgIpc) is 2.25. The molecule has 90 valence electrons. The summed E-state index contributed by atoms with van der Waals surface area (Å²) in [6, 6.07) is 5.71. The quantitative estimate of drug-likeness (QED) is 0.889. The van der Waals surface area contributed by atoms with Gasteiger partial charge in [-0.2, -0.15) is 0 Å². The van der Waals surface area contributed by atoms with Gasteiger partial charge >= 0.3 is 0 Å². The Labute approximate surface area is 106 Å².